The van der Waals surface area contributed by atoms with Crippen molar-refractivity contribution in [2.45, 2.75) is 65.3 Å². The van der Waals surface area contributed by atoms with E-state index >= 15 is 0 Å². The maximum Gasteiger partial charge on any atom is 0.130 e. The van der Waals surface area contributed by atoms with Crippen LogP contribution in [0.15, 0.2) is 52.8 Å². The van der Waals surface area contributed by atoms with Crippen LogP contribution in [0.25, 0.3) is 11.3 Å². The molecule has 31 heavy (non-hydrogen) atoms. The molecule has 0 aliphatic rings. The second-order valence-corrected chi connectivity index (χ2v) is 9.30. The van der Waals surface area contributed by atoms with Gasteiger partial charge in [0, 0.05) is 17.5 Å². The highest BCUT2D eigenvalue weighted by Gasteiger charge is 2.11. The van der Waals surface area contributed by atoms with E-state index in [1.807, 2.05) is 19.3 Å². The highest BCUT2D eigenvalue weighted by atomic mass is 32.2. The Morgan fingerprint density at radius 1 is 1.23 bits per heavy atom. The fourth-order valence-electron chi connectivity index (χ4n) is 3.32. The summed E-state index contributed by atoms with van der Waals surface area (Å²) in [5, 5.41) is 12.7. The van der Waals surface area contributed by atoms with Crippen LogP contribution >= 0.6 is 11.8 Å². The third-order valence-corrected chi connectivity index (χ3v) is 6.17. The van der Waals surface area contributed by atoms with E-state index in [9.17, 15) is 0 Å². The number of H-pyrrole nitrogens is 1. The van der Waals surface area contributed by atoms with Crippen LogP contribution < -0.4 is 5.32 Å². The van der Waals surface area contributed by atoms with Crippen molar-refractivity contribution in [3.63, 3.8) is 0 Å². The van der Waals surface area contributed by atoms with Crippen molar-refractivity contribution < 1.29 is 0 Å². The Labute approximate surface area is 190 Å². The summed E-state index contributed by atoms with van der Waals surface area (Å²) in [5.74, 6) is 1.63. The zero-order valence-electron chi connectivity index (χ0n) is 19.2. The van der Waals surface area contributed by atoms with Gasteiger partial charge in [-0.25, -0.2) is 9.97 Å². The second-order valence-electron chi connectivity index (χ2n) is 8.27. The molecule has 164 valence electrons. The zero-order chi connectivity index (χ0) is 22.2. The van der Waals surface area contributed by atoms with E-state index in [1.165, 1.54) is 18.4 Å². The Morgan fingerprint density at radius 2 is 2.06 bits per heavy atom. The predicted molar refractivity (Wildman–Crippen MR) is 131 cm³/mol. The number of nitrogens with zero attached hydrogens (tertiary/aromatic N) is 3. The van der Waals surface area contributed by atoms with Gasteiger partial charge in [-0.2, -0.15) is 5.10 Å². The summed E-state index contributed by atoms with van der Waals surface area (Å²) in [6, 6.07) is 8.45. The molecule has 3 aromatic rings. The summed E-state index contributed by atoms with van der Waals surface area (Å²) in [6.07, 6.45) is 10.4. The van der Waals surface area contributed by atoms with Crippen molar-refractivity contribution in [1.82, 2.24) is 20.2 Å². The van der Waals surface area contributed by atoms with Crippen LogP contribution in [0, 0.1) is 19.8 Å². The van der Waals surface area contributed by atoms with Gasteiger partial charge >= 0.3 is 0 Å². The van der Waals surface area contributed by atoms with Gasteiger partial charge in [0.1, 0.15) is 10.8 Å². The molecule has 0 atom stereocenters. The molecule has 0 saturated carbocycles. The van der Waals surface area contributed by atoms with Crippen LogP contribution in [0.1, 0.15) is 56.9 Å². The summed E-state index contributed by atoms with van der Waals surface area (Å²) in [4.78, 5) is 9.46. The molecule has 0 aromatic carbocycles. The number of hydrogen-bond acceptors (Lipinski definition) is 5. The van der Waals surface area contributed by atoms with Crippen LogP contribution in [-0.2, 0) is 6.42 Å². The largest absolute Gasteiger partial charge is 0.335 e. The summed E-state index contributed by atoms with van der Waals surface area (Å²) < 4.78 is 0. The Kier molecular flexibility index (Phi) is 8.29. The predicted octanol–water partition coefficient (Wildman–Crippen LogP) is 6.92. The molecule has 5 nitrogen and oxygen atoms in total. The van der Waals surface area contributed by atoms with Gasteiger partial charge < -0.3 is 5.32 Å². The highest BCUT2D eigenvalue weighted by Crippen LogP contribution is 2.31. The molecule has 3 aromatic heterocycles. The highest BCUT2D eigenvalue weighted by molar-refractivity contribution is 8.03. The van der Waals surface area contributed by atoms with E-state index in [2.05, 4.69) is 78.5 Å². The van der Waals surface area contributed by atoms with Crippen molar-refractivity contribution in [2.24, 2.45) is 5.92 Å². The van der Waals surface area contributed by atoms with E-state index in [-0.39, 0.29) is 0 Å². The minimum Gasteiger partial charge on any atom is -0.335 e. The quantitative estimate of drug-likeness (QED) is 0.338. The van der Waals surface area contributed by atoms with Crippen LogP contribution in [0.4, 0.5) is 5.82 Å². The molecule has 0 spiro atoms. The van der Waals surface area contributed by atoms with Crippen molar-refractivity contribution in [3.8, 4) is 11.3 Å². The maximum absolute atomic E-state index is 4.92. The van der Waals surface area contributed by atoms with E-state index in [4.69, 9.17) is 4.98 Å². The van der Waals surface area contributed by atoms with Gasteiger partial charge in [-0.15, -0.1) is 0 Å². The van der Waals surface area contributed by atoms with Gasteiger partial charge in [-0.1, -0.05) is 51.1 Å². The zero-order valence-corrected chi connectivity index (χ0v) is 20.0. The number of anilines is 1. The van der Waals surface area contributed by atoms with Crippen LogP contribution in [0.2, 0.25) is 0 Å². The molecule has 0 amide bonds. The summed E-state index contributed by atoms with van der Waals surface area (Å²) >= 11 is 1.65. The average Bonchev–Trinajstić information content (AvgIpc) is 3.16. The molecule has 0 aliphatic carbocycles. The number of rotatable bonds is 10. The summed E-state index contributed by atoms with van der Waals surface area (Å²) in [5.41, 5.74) is 5.46. The van der Waals surface area contributed by atoms with Crippen molar-refractivity contribution >= 4 is 17.6 Å². The van der Waals surface area contributed by atoms with Gasteiger partial charge in [0.05, 0.1) is 16.9 Å². The number of nitrogens with one attached hydrogen (secondary N) is 2. The first-order chi connectivity index (χ1) is 15.0. The van der Waals surface area contributed by atoms with Crippen LogP contribution in [0.5, 0.6) is 0 Å². The molecule has 0 fully saturated rings. The molecule has 0 bridgehead atoms. The topological polar surface area (TPSA) is 66.5 Å². The molecular formula is C25H33N5S. The van der Waals surface area contributed by atoms with Crippen molar-refractivity contribution in [2.75, 3.05) is 5.32 Å². The number of thioether (sulfide) groups is 1. The second kappa shape index (κ2) is 11.1. The third-order valence-electron chi connectivity index (χ3n) is 5.08. The Hall–Kier alpha value is -2.60. The van der Waals surface area contributed by atoms with E-state index < -0.39 is 0 Å². The van der Waals surface area contributed by atoms with Gasteiger partial charge in [0.25, 0.3) is 0 Å². The molecule has 0 radical (unpaired) electrons. The number of aromatic amines is 1. The minimum absolute atomic E-state index is 0.743. The molecule has 0 aliphatic heterocycles. The Morgan fingerprint density at radius 3 is 2.77 bits per heavy atom. The number of aryl methyl sites for hydroxylation is 3. The lowest BCUT2D eigenvalue weighted by Crippen LogP contribution is -2.01. The lowest BCUT2D eigenvalue weighted by molar-refractivity contribution is 0.556. The Bertz CT molecular complexity index is 1020. The number of pyridine rings is 2. The monoisotopic (exact) mass is 435 g/mol. The molecule has 0 unspecified atom stereocenters. The van der Waals surface area contributed by atoms with Gasteiger partial charge in [0.15, 0.2) is 0 Å². The molecule has 0 saturated heterocycles. The van der Waals surface area contributed by atoms with Gasteiger partial charge in [-0.05, 0) is 68.4 Å². The van der Waals surface area contributed by atoms with Crippen LogP contribution in [-0.4, -0.2) is 20.2 Å². The van der Waals surface area contributed by atoms with Gasteiger partial charge in [-0.3, -0.25) is 5.10 Å². The standard InChI is InChI=1S/C25H33N5S/c1-6-8-24(29-23-15-20(13-14-26-23)10-7-9-17(2)3)31-25-18(4)11-12-22(28-25)21-16-27-30-19(21)5/h8,11-17H,6-7,9-10H2,1-5H3,(H,26,29)(H,27,30)/b24-8+. The first-order valence-electron chi connectivity index (χ1n) is 11.0. The van der Waals surface area contributed by atoms with Gasteiger partial charge in [0.2, 0.25) is 0 Å². The molecule has 3 heterocycles. The summed E-state index contributed by atoms with van der Waals surface area (Å²) in [6.45, 7) is 10.8. The molecule has 6 heteroatoms. The van der Waals surface area contributed by atoms with E-state index in [0.29, 0.717) is 0 Å². The first-order valence-corrected chi connectivity index (χ1v) is 11.9. The lowest BCUT2D eigenvalue weighted by atomic mass is 10.0. The SMILES string of the molecule is CC/C=C(\Nc1cc(CCCC(C)C)ccn1)Sc1nc(-c2cn[nH]c2C)ccc1C. The number of hydrogen-bond donors (Lipinski definition) is 2. The normalized spacial score (nSPS) is 11.9. The van der Waals surface area contributed by atoms with Crippen LogP contribution in [0.3, 0.4) is 0 Å². The molecular weight excluding hydrogens is 402 g/mol. The summed E-state index contributed by atoms with van der Waals surface area (Å²) in [7, 11) is 0. The van der Waals surface area contributed by atoms with Crippen molar-refractivity contribution in [3.05, 3.63) is 64.6 Å². The average molecular weight is 436 g/mol. The molecule has 3 rings (SSSR count). The Balaban J connectivity index is 1.75. The smallest absolute Gasteiger partial charge is 0.130 e. The van der Waals surface area contributed by atoms with E-state index in [0.717, 1.165) is 57.1 Å². The maximum atomic E-state index is 4.92. The van der Waals surface area contributed by atoms with E-state index in [1.54, 1.807) is 11.8 Å². The lowest BCUT2D eigenvalue weighted by Gasteiger charge is -2.13. The third kappa shape index (κ3) is 6.69. The fraction of sp³-hybridized carbons (Fsp3) is 0.400. The fourth-order valence-corrected chi connectivity index (χ4v) is 4.31. The minimum atomic E-state index is 0.743. The number of aromatic nitrogens is 4. The number of allylic oxidation sites excluding steroid dienone is 1. The molecule has 2 N–H and O–H groups in total. The first kappa shape index (κ1) is 23.1. The van der Waals surface area contributed by atoms with Crippen molar-refractivity contribution in [1.29, 1.82) is 0 Å².